The SMILES string of the molecule is CCc1ccc(-n2ncc(-c3cc(C(=O)Nc4cc(Cl)ccc4OC)c4ccccc4n3)c2C)cc1. The summed E-state index contributed by atoms with van der Waals surface area (Å²) in [4.78, 5) is 18.4. The lowest BCUT2D eigenvalue weighted by molar-refractivity contribution is 0.102. The van der Waals surface area contributed by atoms with E-state index in [0.717, 1.165) is 34.3 Å². The predicted molar refractivity (Wildman–Crippen MR) is 144 cm³/mol. The maximum absolute atomic E-state index is 13.5. The molecule has 0 bridgehead atoms. The Kier molecular flexibility index (Phi) is 6.44. The molecule has 0 saturated heterocycles. The molecule has 0 unspecified atom stereocenters. The molecule has 2 aromatic heterocycles. The summed E-state index contributed by atoms with van der Waals surface area (Å²) < 4.78 is 7.29. The van der Waals surface area contributed by atoms with Crippen LogP contribution in [-0.2, 0) is 6.42 Å². The average molecular weight is 497 g/mol. The summed E-state index contributed by atoms with van der Waals surface area (Å²) in [5, 5.41) is 8.82. The van der Waals surface area contributed by atoms with E-state index >= 15 is 0 Å². The summed E-state index contributed by atoms with van der Waals surface area (Å²) in [6, 6.07) is 22.8. The molecule has 180 valence electrons. The standard InChI is InChI=1S/C29H25ClN4O2/c1-4-19-9-12-21(13-10-19)34-18(2)24(17-31-34)26-16-23(22-7-5-6-8-25(22)32-26)29(35)33-27-15-20(30)11-14-28(27)36-3/h5-17H,4H2,1-3H3,(H,33,35). The molecule has 5 aromatic rings. The van der Waals surface area contributed by atoms with Crippen LogP contribution in [0.3, 0.4) is 0 Å². The van der Waals surface area contributed by atoms with Gasteiger partial charge in [-0.3, -0.25) is 4.79 Å². The van der Waals surface area contributed by atoms with Gasteiger partial charge in [-0.1, -0.05) is 48.9 Å². The second kappa shape index (κ2) is 9.84. The van der Waals surface area contributed by atoms with Crippen molar-refractivity contribution in [2.45, 2.75) is 20.3 Å². The van der Waals surface area contributed by atoms with Crippen LogP contribution < -0.4 is 10.1 Å². The van der Waals surface area contributed by atoms with Gasteiger partial charge in [0.2, 0.25) is 0 Å². The molecule has 0 aliphatic rings. The molecule has 5 rings (SSSR count). The van der Waals surface area contributed by atoms with Crippen molar-refractivity contribution in [3.63, 3.8) is 0 Å². The number of aryl methyl sites for hydroxylation is 1. The molecular formula is C29H25ClN4O2. The number of hydrogen-bond donors (Lipinski definition) is 1. The number of hydrogen-bond acceptors (Lipinski definition) is 4. The summed E-state index contributed by atoms with van der Waals surface area (Å²) >= 11 is 6.16. The second-order valence-electron chi connectivity index (χ2n) is 8.45. The third-order valence-corrected chi connectivity index (χ3v) is 6.48. The largest absolute Gasteiger partial charge is 0.495 e. The summed E-state index contributed by atoms with van der Waals surface area (Å²) in [6.45, 7) is 4.14. The summed E-state index contributed by atoms with van der Waals surface area (Å²) in [7, 11) is 1.55. The lowest BCUT2D eigenvalue weighted by Gasteiger charge is -2.13. The molecule has 0 aliphatic carbocycles. The molecule has 0 aliphatic heterocycles. The molecular weight excluding hydrogens is 472 g/mol. The van der Waals surface area contributed by atoms with Gasteiger partial charge in [-0.05, 0) is 61.4 Å². The fraction of sp³-hybridized carbons (Fsp3) is 0.138. The zero-order valence-corrected chi connectivity index (χ0v) is 21.0. The quantitative estimate of drug-likeness (QED) is 0.278. The van der Waals surface area contributed by atoms with E-state index in [9.17, 15) is 4.79 Å². The Balaban J connectivity index is 1.57. The van der Waals surface area contributed by atoms with E-state index < -0.39 is 0 Å². The number of amides is 1. The van der Waals surface area contributed by atoms with Gasteiger partial charge in [-0.25, -0.2) is 9.67 Å². The molecule has 0 fully saturated rings. The number of halogens is 1. The van der Waals surface area contributed by atoms with Crippen LogP contribution in [0.4, 0.5) is 5.69 Å². The first kappa shape index (κ1) is 23.6. The van der Waals surface area contributed by atoms with Crippen molar-refractivity contribution in [1.29, 1.82) is 0 Å². The van der Waals surface area contributed by atoms with E-state index in [1.165, 1.54) is 5.56 Å². The normalized spacial score (nSPS) is 11.0. The number of anilines is 1. The third-order valence-electron chi connectivity index (χ3n) is 6.25. The average Bonchev–Trinajstić information content (AvgIpc) is 3.29. The maximum atomic E-state index is 13.5. The van der Waals surface area contributed by atoms with E-state index in [-0.39, 0.29) is 5.91 Å². The van der Waals surface area contributed by atoms with Gasteiger partial charge in [0.15, 0.2) is 0 Å². The zero-order chi connectivity index (χ0) is 25.2. The summed E-state index contributed by atoms with van der Waals surface area (Å²) in [6.07, 6.45) is 2.78. The Morgan fingerprint density at radius 3 is 2.58 bits per heavy atom. The number of aromatic nitrogens is 3. The number of benzene rings is 3. The highest BCUT2D eigenvalue weighted by Crippen LogP contribution is 2.31. The van der Waals surface area contributed by atoms with Crippen molar-refractivity contribution in [3.8, 4) is 22.7 Å². The third kappa shape index (κ3) is 4.43. The molecule has 2 heterocycles. The number of ether oxygens (including phenoxy) is 1. The van der Waals surface area contributed by atoms with Gasteiger partial charge in [0, 0.05) is 16.0 Å². The molecule has 0 saturated carbocycles. The molecule has 0 atom stereocenters. The van der Waals surface area contributed by atoms with E-state index in [2.05, 4.69) is 41.6 Å². The summed E-state index contributed by atoms with van der Waals surface area (Å²) in [5.41, 5.74) is 6.42. The van der Waals surface area contributed by atoms with Crippen molar-refractivity contribution >= 4 is 34.1 Å². The first-order valence-corrected chi connectivity index (χ1v) is 12.0. The van der Waals surface area contributed by atoms with Crippen molar-refractivity contribution in [3.05, 3.63) is 101 Å². The highest BCUT2D eigenvalue weighted by Gasteiger charge is 2.18. The first-order valence-electron chi connectivity index (χ1n) is 11.7. The molecule has 0 spiro atoms. The lowest BCUT2D eigenvalue weighted by atomic mass is 10.0. The lowest BCUT2D eigenvalue weighted by Crippen LogP contribution is -2.14. The highest BCUT2D eigenvalue weighted by molar-refractivity contribution is 6.31. The van der Waals surface area contributed by atoms with Crippen molar-refractivity contribution in [2.24, 2.45) is 0 Å². The Morgan fingerprint density at radius 2 is 1.83 bits per heavy atom. The van der Waals surface area contributed by atoms with Gasteiger partial charge in [0.1, 0.15) is 5.75 Å². The van der Waals surface area contributed by atoms with Crippen LogP contribution in [0.2, 0.25) is 5.02 Å². The predicted octanol–water partition coefficient (Wildman–Crippen LogP) is 6.87. The molecule has 1 N–H and O–H groups in total. The van der Waals surface area contributed by atoms with Crippen LogP contribution in [0.15, 0.2) is 79.0 Å². The smallest absolute Gasteiger partial charge is 0.256 e. The Morgan fingerprint density at radius 1 is 1.06 bits per heavy atom. The molecule has 1 amide bonds. The van der Waals surface area contributed by atoms with Crippen LogP contribution in [-0.4, -0.2) is 27.8 Å². The second-order valence-corrected chi connectivity index (χ2v) is 8.88. The van der Waals surface area contributed by atoms with E-state index in [4.69, 9.17) is 21.3 Å². The van der Waals surface area contributed by atoms with Gasteiger partial charge in [0.05, 0.1) is 47.1 Å². The van der Waals surface area contributed by atoms with Gasteiger partial charge >= 0.3 is 0 Å². The number of nitrogens with one attached hydrogen (secondary N) is 1. The number of fused-ring (bicyclic) bond motifs is 1. The first-order chi connectivity index (χ1) is 17.5. The van der Waals surface area contributed by atoms with Gasteiger partial charge < -0.3 is 10.1 Å². The molecule has 6 nitrogen and oxygen atoms in total. The number of carbonyl (C=O) groups is 1. The minimum Gasteiger partial charge on any atom is -0.495 e. The molecule has 3 aromatic carbocycles. The zero-order valence-electron chi connectivity index (χ0n) is 20.2. The number of methoxy groups -OCH3 is 1. The molecule has 36 heavy (non-hydrogen) atoms. The van der Waals surface area contributed by atoms with E-state index in [0.29, 0.717) is 27.7 Å². The van der Waals surface area contributed by atoms with Crippen molar-refractivity contribution < 1.29 is 9.53 Å². The molecule has 0 radical (unpaired) electrons. The number of rotatable bonds is 6. The van der Waals surface area contributed by atoms with Crippen LogP contribution in [0.1, 0.15) is 28.5 Å². The Bertz CT molecular complexity index is 1570. The van der Waals surface area contributed by atoms with Crippen molar-refractivity contribution in [2.75, 3.05) is 12.4 Å². The number of carbonyl (C=O) groups excluding carboxylic acids is 1. The van der Waals surface area contributed by atoms with E-state index in [1.807, 2.05) is 41.9 Å². The number of nitrogens with zero attached hydrogens (tertiary/aromatic N) is 3. The van der Waals surface area contributed by atoms with Crippen LogP contribution in [0, 0.1) is 6.92 Å². The minimum atomic E-state index is -0.282. The fourth-order valence-corrected chi connectivity index (χ4v) is 4.44. The van der Waals surface area contributed by atoms with Crippen LogP contribution >= 0.6 is 11.6 Å². The van der Waals surface area contributed by atoms with Gasteiger partial charge in [-0.2, -0.15) is 5.10 Å². The Hall–Kier alpha value is -4.16. The summed E-state index contributed by atoms with van der Waals surface area (Å²) in [5.74, 6) is 0.244. The number of pyridine rings is 1. The van der Waals surface area contributed by atoms with Crippen LogP contribution in [0.5, 0.6) is 5.75 Å². The van der Waals surface area contributed by atoms with E-state index in [1.54, 1.807) is 31.5 Å². The minimum absolute atomic E-state index is 0.282. The number of para-hydroxylation sites is 1. The van der Waals surface area contributed by atoms with Gasteiger partial charge in [-0.15, -0.1) is 0 Å². The maximum Gasteiger partial charge on any atom is 0.256 e. The monoisotopic (exact) mass is 496 g/mol. The fourth-order valence-electron chi connectivity index (χ4n) is 4.26. The van der Waals surface area contributed by atoms with Crippen molar-refractivity contribution in [1.82, 2.24) is 14.8 Å². The molecule has 7 heteroatoms. The Labute approximate surface area is 214 Å². The highest BCUT2D eigenvalue weighted by atomic mass is 35.5. The van der Waals surface area contributed by atoms with Gasteiger partial charge in [0.25, 0.3) is 5.91 Å². The van der Waals surface area contributed by atoms with Crippen LogP contribution in [0.25, 0.3) is 27.8 Å². The topological polar surface area (TPSA) is 69.0 Å².